The molecule has 0 bridgehead atoms. The van der Waals surface area contributed by atoms with Gasteiger partial charge in [-0.3, -0.25) is 0 Å². The van der Waals surface area contributed by atoms with Gasteiger partial charge in [-0.2, -0.15) is 0 Å². The minimum Gasteiger partial charge on any atom is -0.370 e. The van der Waals surface area contributed by atoms with E-state index in [1.54, 1.807) is 18.3 Å². The van der Waals surface area contributed by atoms with Crippen LogP contribution in [0.3, 0.4) is 0 Å². The molecule has 4 nitrogen and oxygen atoms in total. The Morgan fingerprint density at radius 2 is 2.46 bits per heavy atom. The normalized spacial score (nSPS) is 19.4. The van der Waals surface area contributed by atoms with Crippen molar-refractivity contribution in [2.45, 2.75) is 11.4 Å². The summed E-state index contributed by atoms with van der Waals surface area (Å²) in [7, 11) is 0. The van der Waals surface area contributed by atoms with Crippen LogP contribution >= 0.6 is 11.8 Å². The topological polar surface area (TPSA) is 58.0 Å². The van der Waals surface area contributed by atoms with E-state index in [-0.39, 0.29) is 0 Å². The molecule has 1 aromatic heterocycles. The van der Waals surface area contributed by atoms with Gasteiger partial charge in [-0.25, -0.2) is 9.97 Å². The molecule has 1 aromatic rings. The highest BCUT2D eigenvalue weighted by Crippen LogP contribution is 2.21. The molecule has 0 spiro atoms. The summed E-state index contributed by atoms with van der Waals surface area (Å²) in [4.78, 5) is 8.33. The molecule has 0 fully saturated rings. The molecule has 2 rings (SSSR count). The zero-order valence-corrected chi connectivity index (χ0v) is 7.88. The fourth-order valence-electron chi connectivity index (χ4n) is 1.09. The van der Waals surface area contributed by atoms with Crippen molar-refractivity contribution in [2.24, 2.45) is 0 Å². The second-order valence-corrected chi connectivity index (χ2v) is 3.38. The molecular weight excluding hydrogens is 186 g/mol. The molecule has 1 unspecified atom stereocenters. The summed E-state index contributed by atoms with van der Waals surface area (Å²) >= 11 is 1.47. The van der Waals surface area contributed by atoms with Crippen LogP contribution in [0.2, 0.25) is 0 Å². The van der Waals surface area contributed by atoms with Gasteiger partial charge in [-0.1, -0.05) is 11.8 Å². The van der Waals surface area contributed by atoms with Crippen LogP contribution < -0.4 is 5.32 Å². The highest BCUT2D eigenvalue weighted by Gasteiger charge is 2.11. The van der Waals surface area contributed by atoms with Crippen molar-refractivity contribution in [3.8, 4) is 0 Å². The average molecular weight is 195 g/mol. The van der Waals surface area contributed by atoms with Crippen molar-refractivity contribution in [1.82, 2.24) is 9.97 Å². The highest BCUT2D eigenvalue weighted by molar-refractivity contribution is 7.98. The van der Waals surface area contributed by atoms with E-state index in [0.29, 0.717) is 11.0 Å². The van der Waals surface area contributed by atoms with Crippen LogP contribution in [0.1, 0.15) is 5.56 Å². The first kappa shape index (κ1) is 8.52. The smallest absolute Gasteiger partial charge is 0.189 e. The van der Waals surface area contributed by atoms with Crippen LogP contribution in [-0.4, -0.2) is 27.6 Å². The lowest BCUT2D eigenvalue weighted by atomic mass is 10.2. The van der Waals surface area contributed by atoms with Crippen molar-refractivity contribution < 1.29 is 5.11 Å². The van der Waals surface area contributed by atoms with Gasteiger partial charge in [0.05, 0.1) is 0 Å². The lowest BCUT2D eigenvalue weighted by Crippen LogP contribution is -2.20. The number of nitrogens with one attached hydrogen (secondary N) is 1. The van der Waals surface area contributed by atoms with E-state index in [1.807, 2.05) is 6.26 Å². The average Bonchev–Trinajstić information content (AvgIpc) is 2.16. The van der Waals surface area contributed by atoms with Crippen LogP contribution in [-0.2, 0) is 0 Å². The Morgan fingerprint density at radius 3 is 3.23 bits per heavy atom. The van der Waals surface area contributed by atoms with Crippen LogP contribution in [0.25, 0.3) is 6.08 Å². The molecule has 0 radical (unpaired) electrons. The molecule has 0 saturated carbocycles. The Morgan fingerprint density at radius 1 is 1.62 bits per heavy atom. The Labute approximate surface area is 80.1 Å². The van der Waals surface area contributed by atoms with Crippen molar-refractivity contribution in [1.29, 1.82) is 0 Å². The first-order chi connectivity index (χ1) is 6.29. The highest BCUT2D eigenvalue weighted by atomic mass is 32.2. The maximum absolute atomic E-state index is 9.25. The number of aromatic nitrogens is 2. The molecule has 1 aliphatic heterocycles. The lowest BCUT2D eigenvalue weighted by Gasteiger charge is -2.16. The van der Waals surface area contributed by atoms with Gasteiger partial charge in [-0.05, 0) is 18.4 Å². The van der Waals surface area contributed by atoms with E-state index < -0.39 is 6.23 Å². The predicted molar refractivity (Wildman–Crippen MR) is 52.5 cm³/mol. The number of rotatable bonds is 1. The second-order valence-electron chi connectivity index (χ2n) is 2.61. The number of hydrogen-bond acceptors (Lipinski definition) is 5. The van der Waals surface area contributed by atoms with E-state index in [4.69, 9.17) is 0 Å². The number of hydrogen-bond donors (Lipinski definition) is 2. The van der Waals surface area contributed by atoms with Crippen molar-refractivity contribution in [3.05, 3.63) is 17.8 Å². The van der Waals surface area contributed by atoms with Gasteiger partial charge in [-0.15, -0.1) is 0 Å². The Hall–Kier alpha value is -1.07. The van der Waals surface area contributed by atoms with Gasteiger partial charge in [0, 0.05) is 11.8 Å². The van der Waals surface area contributed by atoms with Gasteiger partial charge < -0.3 is 10.4 Å². The zero-order chi connectivity index (χ0) is 9.26. The fourth-order valence-corrected chi connectivity index (χ4v) is 1.43. The number of aliphatic hydroxyl groups excluding tert-OH is 1. The van der Waals surface area contributed by atoms with Crippen molar-refractivity contribution in [2.75, 3.05) is 11.6 Å². The van der Waals surface area contributed by atoms with Gasteiger partial charge in [0.25, 0.3) is 0 Å². The molecule has 13 heavy (non-hydrogen) atoms. The summed E-state index contributed by atoms with van der Waals surface area (Å²) in [5, 5.41) is 12.8. The molecular formula is C8H9N3OS. The SMILES string of the molecule is CSc1ncc2c(n1)NC(O)C=C2. The zero-order valence-electron chi connectivity index (χ0n) is 7.06. The first-order valence-corrected chi connectivity index (χ1v) is 5.06. The van der Waals surface area contributed by atoms with Crippen molar-refractivity contribution >= 4 is 23.7 Å². The molecule has 2 N–H and O–H groups in total. The van der Waals surface area contributed by atoms with Gasteiger partial charge in [0.15, 0.2) is 5.16 Å². The standard InChI is InChI=1S/C8H9N3OS/c1-13-8-9-4-5-2-3-6(12)10-7(5)11-8/h2-4,6,12H,1H3,(H,9,10,11). The third-order valence-corrected chi connectivity index (χ3v) is 2.28. The molecule has 0 amide bonds. The molecule has 0 aliphatic carbocycles. The van der Waals surface area contributed by atoms with Crippen LogP contribution in [0.15, 0.2) is 17.4 Å². The third kappa shape index (κ3) is 1.66. The summed E-state index contributed by atoms with van der Waals surface area (Å²) < 4.78 is 0. The van der Waals surface area contributed by atoms with Gasteiger partial charge >= 0.3 is 0 Å². The summed E-state index contributed by atoms with van der Waals surface area (Å²) in [6.45, 7) is 0. The van der Waals surface area contributed by atoms with Crippen LogP contribution in [0.5, 0.6) is 0 Å². The van der Waals surface area contributed by atoms with E-state index in [9.17, 15) is 5.11 Å². The van der Waals surface area contributed by atoms with E-state index in [1.165, 1.54) is 11.8 Å². The molecule has 2 heterocycles. The third-order valence-electron chi connectivity index (χ3n) is 1.72. The molecule has 5 heteroatoms. The van der Waals surface area contributed by atoms with Gasteiger partial charge in [0.2, 0.25) is 0 Å². The monoisotopic (exact) mass is 195 g/mol. The summed E-state index contributed by atoms with van der Waals surface area (Å²) in [6, 6.07) is 0. The second kappa shape index (κ2) is 3.35. The molecule has 1 aliphatic rings. The van der Waals surface area contributed by atoms with Crippen LogP contribution in [0.4, 0.5) is 5.82 Å². The minimum absolute atomic E-state index is 0.642. The number of nitrogens with zero attached hydrogens (tertiary/aromatic N) is 2. The van der Waals surface area contributed by atoms with Crippen LogP contribution in [0, 0.1) is 0 Å². The van der Waals surface area contributed by atoms with E-state index in [0.717, 1.165) is 5.56 Å². The number of fused-ring (bicyclic) bond motifs is 1. The Bertz CT molecular complexity index is 353. The number of anilines is 1. The van der Waals surface area contributed by atoms with E-state index in [2.05, 4.69) is 15.3 Å². The quantitative estimate of drug-likeness (QED) is 0.516. The maximum atomic E-state index is 9.25. The summed E-state index contributed by atoms with van der Waals surface area (Å²) in [5.41, 5.74) is 0.906. The minimum atomic E-state index is -0.642. The molecule has 68 valence electrons. The van der Waals surface area contributed by atoms with Crippen molar-refractivity contribution in [3.63, 3.8) is 0 Å². The Kier molecular flexibility index (Phi) is 2.20. The summed E-state index contributed by atoms with van der Waals surface area (Å²) in [6.07, 6.45) is 6.47. The fraction of sp³-hybridized carbons (Fsp3) is 0.250. The molecule has 0 saturated heterocycles. The molecule has 0 aromatic carbocycles. The van der Waals surface area contributed by atoms with E-state index >= 15 is 0 Å². The number of aliphatic hydroxyl groups is 1. The maximum Gasteiger partial charge on any atom is 0.189 e. The number of thioether (sulfide) groups is 1. The predicted octanol–water partition coefficient (Wildman–Crippen LogP) is 0.956. The van der Waals surface area contributed by atoms with Gasteiger partial charge in [0.1, 0.15) is 12.0 Å². The first-order valence-electron chi connectivity index (χ1n) is 3.83. The Balaban J connectivity index is 2.40. The molecule has 1 atom stereocenters. The summed E-state index contributed by atoms with van der Waals surface area (Å²) in [5.74, 6) is 0.689. The largest absolute Gasteiger partial charge is 0.370 e. The lowest BCUT2D eigenvalue weighted by molar-refractivity contribution is 0.251.